The molecule has 4 rings (SSSR count). The zero-order valence-electron chi connectivity index (χ0n) is 14.8. The number of benzene rings is 1. The number of ketones is 1. The van der Waals surface area contributed by atoms with Crippen LogP contribution in [0.2, 0.25) is 0 Å². The molecule has 0 saturated carbocycles. The summed E-state index contributed by atoms with van der Waals surface area (Å²) in [5.41, 5.74) is 1.97. The zero-order chi connectivity index (χ0) is 18.5. The standard InChI is InChI=1S/C21H20FNO2S/c1-21(2)11-16-20(17(24)12-21)15(18-4-3-9-26-18)10-19(25)23(16)14-7-5-13(22)6-8-14/h3-9,15H,10-12H2,1-2H3. The molecule has 1 aliphatic heterocycles. The summed E-state index contributed by atoms with van der Waals surface area (Å²) in [6, 6.07) is 9.86. The smallest absolute Gasteiger partial charge is 0.232 e. The van der Waals surface area contributed by atoms with Gasteiger partial charge in [-0.2, -0.15) is 0 Å². The first-order valence-electron chi connectivity index (χ1n) is 8.74. The van der Waals surface area contributed by atoms with E-state index in [-0.39, 0.29) is 35.3 Å². The van der Waals surface area contributed by atoms with Crippen molar-refractivity contribution in [2.24, 2.45) is 5.41 Å². The van der Waals surface area contributed by atoms with Gasteiger partial charge in [0, 0.05) is 40.6 Å². The lowest BCUT2D eigenvalue weighted by molar-refractivity contribution is -0.120. The Morgan fingerprint density at radius 1 is 1.12 bits per heavy atom. The van der Waals surface area contributed by atoms with E-state index in [9.17, 15) is 14.0 Å². The van der Waals surface area contributed by atoms with Gasteiger partial charge in [-0.15, -0.1) is 11.3 Å². The molecule has 2 aliphatic rings. The number of anilines is 1. The minimum Gasteiger partial charge on any atom is -0.294 e. The maximum absolute atomic E-state index is 13.3. The normalized spacial score (nSPS) is 22.6. The molecule has 1 atom stereocenters. The Labute approximate surface area is 156 Å². The van der Waals surface area contributed by atoms with E-state index in [0.29, 0.717) is 18.5 Å². The highest BCUT2D eigenvalue weighted by molar-refractivity contribution is 7.10. The molecule has 0 saturated heterocycles. The zero-order valence-corrected chi connectivity index (χ0v) is 15.6. The van der Waals surface area contributed by atoms with E-state index in [1.54, 1.807) is 28.4 Å². The van der Waals surface area contributed by atoms with E-state index in [1.165, 1.54) is 12.1 Å². The van der Waals surface area contributed by atoms with Gasteiger partial charge in [-0.05, 0) is 47.5 Å². The molecule has 134 valence electrons. The monoisotopic (exact) mass is 369 g/mol. The van der Waals surface area contributed by atoms with Crippen LogP contribution in [0.25, 0.3) is 0 Å². The first-order valence-corrected chi connectivity index (χ1v) is 9.62. The van der Waals surface area contributed by atoms with E-state index in [1.807, 2.05) is 17.5 Å². The quantitative estimate of drug-likeness (QED) is 0.743. The lowest BCUT2D eigenvalue weighted by atomic mass is 9.70. The van der Waals surface area contributed by atoms with Crippen molar-refractivity contribution in [3.63, 3.8) is 0 Å². The fourth-order valence-corrected chi connectivity index (χ4v) is 4.87. The SMILES string of the molecule is CC1(C)CC(=O)C2=C(C1)N(c1ccc(F)cc1)C(=O)CC2c1cccs1. The lowest BCUT2D eigenvalue weighted by Crippen LogP contribution is -2.43. The molecule has 1 aromatic heterocycles. The van der Waals surface area contributed by atoms with E-state index in [2.05, 4.69) is 13.8 Å². The first kappa shape index (κ1) is 17.2. The molecular weight excluding hydrogens is 349 g/mol. The number of rotatable bonds is 2. The molecule has 5 heteroatoms. The number of halogens is 1. The third-order valence-electron chi connectivity index (χ3n) is 5.11. The van der Waals surface area contributed by atoms with Crippen LogP contribution in [0.15, 0.2) is 53.0 Å². The van der Waals surface area contributed by atoms with Crippen LogP contribution in [0, 0.1) is 11.2 Å². The number of carbonyl (C=O) groups excluding carboxylic acids is 2. The largest absolute Gasteiger partial charge is 0.294 e. The average Bonchev–Trinajstić information content (AvgIpc) is 3.08. The van der Waals surface area contributed by atoms with Crippen molar-refractivity contribution in [2.45, 2.75) is 39.0 Å². The summed E-state index contributed by atoms with van der Waals surface area (Å²) in [5, 5.41) is 1.98. The van der Waals surface area contributed by atoms with Crippen LogP contribution in [0.4, 0.5) is 10.1 Å². The third-order valence-corrected chi connectivity index (χ3v) is 6.10. The fraction of sp³-hybridized carbons (Fsp3) is 0.333. The van der Waals surface area contributed by atoms with Crippen molar-refractivity contribution in [1.29, 1.82) is 0 Å². The molecule has 26 heavy (non-hydrogen) atoms. The molecule has 1 unspecified atom stereocenters. The first-order chi connectivity index (χ1) is 12.4. The molecule has 0 spiro atoms. The molecular formula is C21H20FNO2S. The Balaban J connectivity index is 1.89. The summed E-state index contributed by atoms with van der Waals surface area (Å²) in [4.78, 5) is 28.8. The van der Waals surface area contributed by atoms with Crippen LogP contribution < -0.4 is 4.90 Å². The molecule has 2 aromatic rings. The van der Waals surface area contributed by atoms with Gasteiger partial charge in [0.15, 0.2) is 5.78 Å². The van der Waals surface area contributed by atoms with Gasteiger partial charge in [-0.25, -0.2) is 4.39 Å². The summed E-state index contributed by atoms with van der Waals surface area (Å²) in [5.74, 6) is -0.435. The summed E-state index contributed by atoms with van der Waals surface area (Å²) < 4.78 is 13.3. The minimum absolute atomic E-state index is 0.0424. The summed E-state index contributed by atoms with van der Waals surface area (Å²) >= 11 is 1.58. The number of amides is 1. The van der Waals surface area contributed by atoms with Gasteiger partial charge < -0.3 is 0 Å². The van der Waals surface area contributed by atoms with E-state index in [0.717, 1.165) is 16.1 Å². The Morgan fingerprint density at radius 3 is 2.50 bits per heavy atom. The average molecular weight is 369 g/mol. The van der Waals surface area contributed by atoms with Crippen molar-refractivity contribution in [1.82, 2.24) is 0 Å². The van der Waals surface area contributed by atoms with E-state index < -0.39 is 0 Å². The van der Waals surface area contributed by atoms with Crippen LogP contribution in [-0.2, 0) is 9.59 Å². The topological polar surface area (TPSA) is 37.4 Å². The van der Waals surface area contributed by atoms with E-state index >= 15 is 0 Å². The van der Waals surface area contributed by atoms with Gasteiger partial charge in [0.2, 0.25) is 5.91 Å². The summed E-state index contributed by atoms with van der Waals surface area (Å²) in [7, 11) is 0. The van der Waals surface area contributed by atoms with Crippen LogP contribution in [0.3, 0.4) is 0 Å². The second kappa shape index (κ2) is 6.16. The molecule has 1 aliphatic carbocycles. The highest BCUT2D eigenvalue weighted by Crippen LogP contribution is 2.48. The van der Waals surface area contributed by atoms with Crippen LogP contribution in [0.5, 0.6) is 0 Å². The highest BCUT2D eigenvalue weighted by Gasteiger charge is 2.44. The molecule has 2 heterocycles. The van der Waals surface area contributed by atoms with Gasteiger partial charge in [-0.1, -0.05) is 19.9 Å². The second-order valence-electron chi connectivity index (χ2n) is 7.78. The number of hydrogen-bond acceptors (Lipinski definition) is 3. The minimum atomic E-state index is -0.344. The molecule has 3 nitrogen and oxygen atoms in total. The molecule has 1 aromatic carbocycles. The number of allylic oxidation sites excluding steroid dienone is 2. The van der Waals surface area contributed by atoms with Crippen molar-refractivity contribution < 1.29 is 14.0 Å². The number of nitrogens with zero attached hydrogens (tertiary/aromatic N) is 1. The van der Waals surface area contributed by atoms with Gasteiger partial charge in [0.25, 0.3) is 0 Å². The predicted molar refractivity (Wildman–Crippen MR) is 101 cm³/mol. The van der Waals surface area contributed by atoms with Gasteiger partial charge >= 0.3 is 0 Å². The predicted octanol–water partition coefficient (Wildman–Crippen LogP) is 5.05. The fourth-order valence-electron chi connectivity index (χ4n) is 4.04. The van der Waals surface area contributed by atoms with Gasteiger partial charge in [0.05, 0.1) is 0 Å². The number of hydrogen-bond donors (Lipinski definition) is 0. The van der Waals surface area contributed by atoms with Crippen LogP contribution in [-0.4, -0.2) is 11.7 Å². The Morgan fingerprint density at radius 2 is 1.85 bits per heavy atom. The van der Waals surface area contributed by atoms with Gasteiger partial charge in [0.1, 0.15) is 5.82 Å². The second-order valence-corrected chi connectivity index (χ2v) is 8.76. The molecule has 0 fully saturated rings. The lowest BCUT2D eigenvalue weighted by Gasteiger charge is -2.42. The summed E-state index contributed by atoms with van der Waals surface area (Å²) in [6.07, 6.45) is 1.40. The van der Waals surface area contributed by atoms with Crippen molar-refractivity contribution in [2.75, 3.05) is 4.90 Å². The van der Waals surface area contributed by atoms with Crippen LogP contribution in [0.1, 0.15) is 43.9 Å². The van der Waals surface area contributed by atoms with Crippen molar-refractivity contribution >= 4 is 28.7 Å². The van der Waals surface area contributed by atoms with E-state index in [4.69, 9.17) is 0 Å². The molecule has 0 bridgehead atoms. The Bertz CT molecular complexity index is 897. The van der Waals surface area contributed by atoms with Crippen LogP contribution >= 0.6 is 11.3 Å². The number of Topliss-reactive ketones (excluding diaryl/α,β-unsaturated/α-hetero) is 1. The highest BCUT2D eigenvalue weighted by atomic mass is 32.1. The summed E-state index contributed by atoms with van der Waals surface area (Å²) in [6.45, 7) is 4.10. The molecule has 0 radical (unpaired) electrons. The third kappa shape index (κ3) is 2.90. The molecule has 1 amide bonds. The molecule has 0 N–H and O–H groups in total. The maximum Gasteiger partial charge on any atom is 0.232 e. The van der Waals surface area contributed by atoms with Crippen molar-refractivity contribution in [3.05, 3.63) is 63.7 Å². The Kier molecular flexibility index (Phi) is 4.07. The number of carbonyl (C=O) groups is 2. The number of thiophene rings is 1. The Hall–Kier alpha value is -2.27. The van der Waals surface area contributed by atoms with Crippen molar-refractivity contribution in [3.8, 4) is 0 Å². The maximum atomic E-state index is 13.3. The van der Waals surface area contributed by atoms with Gasteiger partial charge in [-0.3, -0.25) is 14.5 Å².